The van der Waals surface area contributed by atoms with Crippen molar-refractivity contribution >= 4 is 32.7 Å². The summed E-state index contributed by atoms with van der Waals surface area (Å²) in [5, 5.41) is 0. The molecule has 0 radical (unpaired) electrons. The van der Waals surface area contributed by atoms with Crippen molar-refractivity contribution in [2.45, 2.75) is 51.9 Å². The Hall–Kier alpha value is -0.590. The first-order valence-electron chi connectivity index (χ1n) is 9.34. The molecule has 1 heterocycles. The summed E-state index contributed by atoms with van der Waals surface area (Å²) in [6.07, 6.45) is 10.3. The summed E-state index contributed by atoms with van der Waals surface area (Å²) in [6, 6.07) is 7.85. The van der Waals surface area contributed by atoms with E-state index in [9.17, 15) is 8.42 Å². The van der Waals surface area contributed by atoms with Crippen LogP contribution in [0.1, 0.15) is 51.0 Å². The van der Waals surface area contributed by atoms with Gasteiger partial charge < -0.3 is 4.48 Å². The van der Waals surface area contributed by atoms with E-state index in [0.29, 0.717) is 5.69 Å². The van der Waals surface area contributed by atoms with Crippen LogP contribution in [0.5, 0.6) is 0 Å². The highest BCUT2D eigenvalue weighted by Gasteiger charge is 2.27. The Labute approximate surface area is 164 Å². The van der Waals surface area contributed by atoms with E-state index >= 15 is 0 Å². The fraction of sp³-hybridized carbons (Fsp3) is 0.684. The molecule has 0 amide bonds. The smallest absolute Gasteiger partial charge is 0.229 e. The molecule has 0 aliphatic carbocycles. The van der Waals surface area contributed by atoms with Crippen molar-refractivity contribution in [2.75, 3.05) is 37.2 Å². The maximum absolute atomic E-state index is 11.3. The first kappa shape index (κ1) is 22.5. The number of benzene rings is 1. The molecule has 1 fully saturated rings. The van der Waals surface area contributed by atoms with E-state index in [1.165, 1.54) is 81.0 Å². The van der Waals surface area contributed by atoms with E-state index in [1.54, 1.807) is 0 Å². The van der Waals surface area contributed by atoms with E-state index in [4.69, 9.17) is 0 Å². The summed E-state index contributed by atoms with van der Waals surface area (Å²) in [5.41, 5.74) is 1.94. The highest BCUT2D eigenvalue weighted by Crippen LogP contribution is 2.21. The minimum absolute atomic E-state index is 0. The largest absolute Gasteiger partial charge is 0.323 e. The number of unbranched alkanes of at least 4 members (excludes halogenated alkanes) is 1. The number of likely N-dealkylation sites (tertiary alicyclic amines) is 1. The van der Waals surface area contributed by atoms with Crippen molar-refractivity contribution in [1.29, 1.82) is 0 Å². The van der Waals surface area contributed by atoms with Gasteiger partial charge in [0.15, 0.2) is 0 Å². The van der Waals surface area contributed by atoms with Crippen LogP contribution in [0.4, 0.5) is 5.69 Å². The van der Waals surface area contributed by atoms with Crippen LogP contribution in [0.3, 0.4) is 0 Å². The molecule has 1 aromatic carbocycles. The fourth-order valence-corrected chi connectivity index (χ4v) is 4.30. The summed E-state index contributed by atoms with van der Waals surface area (Å²) < 4.78 is 26.4. The van der Waals surface area contributed by atoms with Crippen LogP contribution in [-0.2, 0) is 16.4 Å². The molecule has 144 valence electrons. The van der Waals surface area contributed by atoms with Crippen LogP contribution >= 0.6 is 17.0 Å². The monoisotopic (exact) mass is 433 g/mol. The molecule has 0 unspecified atom stereocenters. The Morgan fingerprint density at radius 1 is 1.00 bits per heavy atom. The van der Waals surface area contributed by atoms with Gasteiger partial charge in [0.25, 0.3) is 0 Å². The maximum atomic E-state index is 11.3. The molecule has 1 aliphatic heterocycles. The number of hydrogen-bond acceptors (Lipinski definition) is 2. The fourth-order valence-electron chi connectivity index (χ4n) is 3.73. The Balaban J connectivity index is 0.00000312. The van der Waals surface area contributed by atoms with Gasteiger partial charge in [-0.25, -0.2) is 8.42 Å². The predicted octanol–water partition coefficient (Wildman–Crippen LogP) is 4.37. The van der Waals surface area contributed by atoms with Crippen LogP contribution < -0.4 is 4.72 Å². The molecular formula is C19H34BrN2O2S+. The SMILES string of the molecule is Br.CCCC[N+]1(CCc2ccc(NS(C)(=O)=O)cc2)CCCCCC1. The number of nitrogens with zero attached hydrogens (tertiary/aromatic N) is 1. The van der Waals surface area contributed by atoms with Crippen molar-refractivity contribution in [3.63, 3.8) is 0 Å². The lowest BCUT2D eigenvalue weighted by atomic mass is 10.1. The van der Waals surface area contributed by atoms with Gasteiger partial charge in [0.1, 0.15) is 0 Å². The molecule has 4 nitrogen and oxygen atoms in total. The number of halogens is 1. The van der Waals surface area contributed by atoms with Crippen LogP contribution in [0, 0.1) is 0 Å². The van der Waals surface area contributed by atoms with Crippen molar-refractivity contribution in [1.82, 2.24) is 0 Å². The normalized spacial score (nSPS) is 17.4. The van der Waals surface area contributed by atoms with E-state index < -0.39 is 10.0 Å². The summed E-state index contributed by atoms with van der Waals surface area (Å²) >= 11 is 0. The van der Waals surface area contributed by atoms with Crippen LogP contribution in [0.15, 0.2) is 24.3 Å². The standard InChI is InChI=1S/C19H33N2O2S.BrH/c1-3-4-14-21(15-7-5-6-8-16-21)17-13-18-9-11-19(12-10-18)20-24(2,22)23;/h9-12,20H,3-8,13-17H2,1-2H3;1H/q+1;. The van der Waals surface area contributed by atoms with Gasteiger partial charge in [0.2, 0.25) is 10.0 Å². The molecule has 6 heteroatoms. The highest BCUT2D eigenvalue weighted by molar-refractivity contribution is 8.93. The molecule has 1 N–H and O–H groups in total. The number of sulfonamides is 1. The Morgan fingerprint density at radius 3 is 2.12 bits per heavy atom. The highest BCUT2D eigenvalue weighted by atomic mass is 79.9. The topological polar surface area (TPSA) is 46.2 Å². The van der Waals surface area contributed by atoms with Gasteiger partial charge in [-0.2, -0.15) is 0 Å². The molecule has 0 saturated carbocycles. The summed E-state index contributed by atoms with van der Waals surface area (Å²) in [5.74, 6) is 0. The van der Waals surface area contributed by atoms with Crippen molar-refractivity contribution < 1.29 is 12.9 Å². The first-order valence-corrected chi connectivity index (χ1v) is 11.2. The Morgan fingerprint density at radius 2 is 1.60 bits per heavy atom. The second-order valence-corrected chi connectivity index (χ2v) is 9.07. The lowest BCUT2D eigenvalue weighted by molar-refractivity contribution is -0.927. The average Bonchev–Trinajstić information content (AvgIpc) is 2.77. The number of anilines is 1. The van der Waals surface area contributed by atoms with Gasteiger partial charge >= 0.3 is 0 Å². The summed E-state index contributed by atoms with van der Waals surface area (Å²) in [6.45, 7) is 7.45. The van der Waals surface area contributed by atoms with Gasteiger partial charge in [-0.15, -0.1) is 17.0 Å². The third-order valence-electron chi connectivity index (χ3n) is 5.13. The predicted molar refractivity (Wildman–Crippen MR) is 112 cm³/mol. The van der Waals surface area contributed by atoms with Gasteiger partial charge in [0.05, 0.1) is 32.4 Å². The molecule has 2 rings (SSSR count). The third kappa shape index (κ3) is 8.09. The molecule has 1 aliphatic rings. The van der Waals surface area contributed by atoms with E-state index in [0.717, 1.165) is 6.42 Å². The number of nitrogens with one attached hydrogen (secondary N) is 1. The summed E-state index contributed by atoms with van der Waals surface area (Å²) in [4.78, 5) is 0. The van der Waals surface area contributed by atoms with E-state index in [1.807, 2.05) is 12.1 Å². The zero-order valence-corrected chi connectivity index (χ0v) is 18.2. The molecule has 0 atom stereocenters. The molecular weight excluding hydrogens is 400 g/mol. The van der Waals surface area contributed by atoms with Crippen molar-refractivity contribution in [3.05, 3.63) is 29.8 Å². The van der Waals surface area contributed by atoms with Gasteiger partial charge in [-0.3, -0.25) is 4.72 Å². The Bertz CT molecular complexity index is 594. The van der Waals surface area contributed by atoms with E-state index in [-0.39, 0.29) is 17.0 Å². The van der Waals surface area contributed by atoms with Crippen molar-refractivity contribution in [3.8, 4) is 0 Å². The minimum Gasteiger partial charge on any atom is -0.323 e. The average molecular weight is 434 g/mol. The first-order chi connectivity index (χ1) is 11.4. The second-order valence-electron chi connectivity index (χ2n) is 7.32. The van der Waals surface area contributed by atoms with Gasteiger partial charge in [-0.1, -0.05) is 25.5 Å². The lowest BCUT2D eigenvalue weighted by Gasteiger charge is -2.38. The molecule has 1 saturated heterocycles. The zero-order chi connectivity index (χ0) is 17.5. The van der Waals surface area contributed by atoms with Crippen molar-refractivity contribution in [2.24, 2.45) is 0 Å². The molecule has 0 spiro atoms. The van der Waals surface area contributed by atoms with Crippen LogP contribution in [0.25, 0.3) is 0 Å². The molecule has 25 heavy (non-hydrogen) atoms. The van der Waals surface area contributed by atoms with Gasteiger partial charge in [-0.05, 0) is 49.8 Å². The molecule has 0 bridgehead atoms. The molecule has 1 aromatic rings. The van der Waals surface area contributed by atoms with Crippen LogP contribution in [-0.4, -0.2) is 45.3 Å². The third-order valence-corrected chi connectivity index (χ3v) is 5.74. The van der Waals surface area contributed by atoms with Gasteiger partial charge in [0, 0.05) is 12.1 Å². The molecule has 0 aromatic heterocycles. The minimum atomic E-state index is -3.20. The lowest BCUT2D eigenvalue weighted by Crippen LogP contribution is -2.50. The quantitative estimate of drug-likeness (QED) is 0.618. The number of quaternary nitrogens is 1. The maximum Gasteiger partial charge on any atom is 0.229 e. The van der Waals surface area contributed by atoms with Crippen LogP contribution in [0.2, 0.25) is 0 Å². The second kappa shape index (κ2) is 10.5. The zero-order valence-electron chi connectivity index (χ0n) is 15.7. The number of rotatable bonds is 8. The summed E-state index contributed by atoms with van der Waals surface area (Å²) in [7, 11) is -3.20. The number of hydrogen-bond donors (Lipinski definition) is 1. The Kier molecular flexibility index (Phi) is 9.46. The van der Waals surface area contributed by atoms with E-state index in [2.05, 4.69) is 23.8 Å².